The Balaban J connectivity index is 1.74. The zero-order valence-corrected chi connectivity index (χ0v) is 12.8. The van der Waals surface area contributed by atoms with Gasteiger partial charge in [0.2, 0.25) is 0 Å². The summed E-state index contributed by atoms with van der Waals surface area (Å²) in [4.78, 5) is 26.4. The number of benzene rings is 2. The number of nitro benzene ring substituents is 1. The predicted molar refractivity (Wildman–Crippen MR) is 90.1 cm³/mol. The Hall–Kier alpha value is -3.51. The molecule has 0 aliphatic carbocycles. The maximum Gasteiger partial charge on any atom is 0.325 e. The number of urea groups is 1. The van der Waals surface area contributed by atoms with E-state index in [0.717, 1.165) is 4.70 Å². The van der Waals surface area contributed by atoms with E-state index < -0.39 is 11.0 Å². The van der Waals surface area contributed by atoms with Crippen LogP contribution >= 0.6 is 11.3 Å². The van der Waals surface area contributed by atoms with Gasteiger partial charge in [0.1, 0.15) is 0 Å². The van der Waals surface area contributed by atoms with Crippen molar-refractivity contribution >= 4 is 44.1 Å². The Kier molecular flexibility index (Phi) is 4.05. The molecule has 24 heavy (non-hydrogen) atoms. The van der Waals surface area contributed by atoms with Gasteiger partial charge in [0, 0.05) is 17.8 Å². The molecule has 1 aromatic heterocycles. The van der Waals surface area contributed by atoms with Crippen LogP contribution in [-0.4, -0.2) is 15.9 Å². The second-order valence-corrected chi connectivity index (χ2v) is 5.73. The first-order valence-electron chi connectivity index (χ1n) is 6.68. The highest BCUT2D eigenvalue weighted by molar-refractivity contribution is 7.22. The number of nitrogens with zero attached hydrogens (tertiary/aromatic N) is 3. The minimum Gasteiger partial charge on any atom is -0.307 e. The van der Waals surface area contributed by atoms with Gasteiger partial charge in [0.05, 0.1) is 26.8 Å². The molecule has 0 saturated heterocycles. The van der Waals surface area contributed by atoms with Crippen LogP contribution in [0, 0.1) is 21.4 Å². The molecule has 0 spiro atoms. The molecule has 0 aliphatic heterocycles. The van der Waals surface area contributed by atoms with Crippen molar-refractivity contribution in [2.75, 3.05) is 10.6 Å². The summed E-state index contributed by atoms with van der Waals surface area (Å²) in [5.41, 5.74) is 1.37. The first-order chi connectivity index (χ1) is 11.5. The van der Waals surface area contributed by atoms with E-state index in [-0.39, 0.29) is 5.69 Å². The predicted octanol–water partition coefficient (Wildman–Crippen LogP) is 3.72. The number of amides is 2. The number of hydrogen-bond donors (Lipinski definition) is 2. The third-order valence-electron chi connectivity index (χ3n) is 3.05. The van der Waals surface area contributed by atoms with Crippen LogP contribution in [0.25, 0.3) is 10.2 Å². The van der Waals surface area contributed by atoms with Gasteiger partial charge in [-0.25, -0.2) is 9.78 Å². The Morgan fingerprint density at radius 1 is 1.25 bits per heavy atom. The number of nitro groups is 1. The first-order valence-corrected chi connectivity index (χ1v) is 7.50. The molecule has 0 radical (unpaired) electrons. The van der Waals surface area contributed by atoms with E-state index in [1.165, 1.54) is 29.5 Å². The Labute approximate surface area is 139 Å². The highest BCUT2D eigenvalue weighted by Gasteiger charge is 2.11. The van der Waals surface area contributed by atoms with Gasteiger partial charge in [-0.3, -0.25) is 15.4 Å². The number of aromatic nitrogens is 1. The molecule has 2 N–H and O–H groups in total. The van der Waals surface area contributed by atoms with Crippen molar-refractivity contribution in [2.45, 2.75) is 0 Å². The summed E-state index contributed by atoms with van der Waals surface area (Å²) in [6.45, 7) is 0. The van der Waals surface area contributed by atoms with Crippen LogP contribution in [0.2, 0.25) is 0 Å². The molecule has 2 aromatic carbocycles. The highest BCUT2D eigenvalue weighted by Crippen LogP contribution is 2.27. The van der Waals surface area contributed by atoms with Crippen molar-refractivity contribution in [3.63, 3.8) is 0 Å². The van der Waals surface area contributed by atoms with Gasteiger partial charge in [-0.05, 0) is 24.3 Å². The van der Waals surface area contributed by atoms with Gasteiger partial charge < -0.3 is 5.32 Å². The molecule has 3 aromatic rings. The summed E-state index contributed by atoms with van der Waals surface area (Å²) in [5.74, 6) is 0. The number of carbonyl (C=O) groups is 1. The molecule has 0 fully saturated rings. The van der Waals surface area contributed by atoms with Crippen LogP contribution in [0.3, 0.4) is 0 Å². The second-order valence-electron chi connectivity index (χ2n) is 4.70. The number of thiazole rings is 1. The number of anilines is 2. The molecule has 0 saturated carbocycles. The van der Waals surface area contributed by atoms with Crippen molar-refractivity contribution in [1.82, 2.24) is 4.98 Å². The van der Waals surface area contributed by atoms with Crippen molar-refractivity contribution in [2.24, 2.45) is 0 Å². The second kappa shape index (κ2) is 6.31. The van der Waals surface area contributed by atoms with Crippen LogP contribution in [0.15, 0.2) is 42.5 Å². The van der Waals surface area contributed by atoms with Crippen LogP contribution < -0.4 is 10.6 Å². The van der Waals surface area contributed by atoms with Crippen LogP contribution in [0.4, 0.5) is 21.3 Å². The molecule has 0 bridgehead atoms. The van der Waals surface area contributed by atoms with E-state index in [2.05, 4.69) is 15.6 Å². The fourth-order valence-electron chi connectivity index (χ4n) is 2.00. The van der Waals surface area contributed by atoms with E-state index in [9.17, 15) is 14.9 Å². The van der Waals surface area contributed by atoms with E-state index in [1.807, 2.05) is 6.07 Å². The SMILES string of the molecule is N#Cc1ccc2nc(NC(=O)Nc3cccc([N+](=O)[O-])c3)sc2c1. The quantitative estimate of drug-likeness (QED) is 0.556. The van der Waals surface area contributed by atoms with Crippen LogP contribution in [0.5, 0.6) is 0 Å². The van der Waals surface area contributed by atoms with Gasteiger partial charge >= 0.3 is 6.03 Å². The monoisotopic (exact) mass is 339 g/mol. The van der Waals surface area contributed by atoms with Gasteiger partial charge in [-0.15, -0.1) is 0 Å². The number of non-ortho nitro benzene ring substituents is 1. The number of carbonyl (C=O) groups excluding carboxylic acids is 1. The average Bonchev–Trinajstić information content (AvgIpc) is 2.95. The molecule has 0 atom stereocenters. The zero-order chi connectivity index (χ0) is 17.1. The number of nitrogens with one attached hydrogen (secondary N) is 2. The van der Waals surface area contributed by atoms with Crippen molar-refractivity contribution < 1.29 is 9.72 Å². The standard InChI is InChI=1S/C15H9N5O3S/c16-8-9-4-5-12-13(6-9)24-15(18-12)19-14(21)17-10-2-1-3-11(7-10)20(22)23/h1-7H,(H2,17,18,19,21). The molecule has 0 aliphatic rings. The average molecular weight is 339 g/mol. The molecule has 2 amide bonds. The van der Waals surface area contributed by atoms with Gasteiger partial charge in [0.25, 0.3) is 5.69 Å². The molecule has 8 nitrogen and oxygen atoms in total. The fourth-order valence-corrected chi connectivity index (χ4v) is 2.90. The summed E-state index contributed by atoms with van der Waals surface area (Å²) in [7, 11) is 0. The molecule has 3 rings (SSSR count). The summed E-state index contributed by atoms with van der Waals surface area (Å²) in [6.07, 6.45) is 0. The van der Waals surface area contributed by atoms with E-state index in [1.54, 1.807) is 24.3 Å². The highest BCUT2D eigenvalue weighted by atomic mass is 32.1. The van der Waals surface area contributed by atoms with E-state index in [0.29, 0.717) is 21.9 Å². The molecule has 9 heteroatoms. The number of fused-ring (bicyclic) bond motifs is 1. The van der Waals surface area contributed by atoms with Crippen LogP contribution in [-0.2, 0) is 0 Å². The van der Waals surface area contributed by atoms with E-state index in [4.69, 9.17) is 5.26 Å². The van der Waals surface area contributed by atoms with Gasteiger partial charge in [0.15, 0.2) is 5.13 Å². The smallest absolute Gasteiger partial charge is 0.307 e. The third kappa shape index (κ3) is 3.29. The molecular formula is C15H9N5O3S. The van der Waals surface area contributed by atoms with Gasteiger partial charge in [-0.2, -0.15) is 5.26 Å². The summed E-state index contributed by atoms with van der Waals surface area (Å²) in [6, 6.07) is 12.1. The minimum absolute atomic E-state index is 0.114. The Bertz CT molecular complexity index is 992. The zero-order valence-electron chi connectivity index (χ0n) is 12.0. The normalized spacial score (nSPS) is 10.1. The van der Waals surface area contributed by atoms with Crippen LogP contribution in [0.1, 0.15) is 5.56 Å². The number of rotatable bonds is 3. The summed E-state index contributed by atoms with van der Waals surface area (Å²) >= 11 is 1.23. The third-order valence-corrected chi connectivity index (χ3v) is 3.99. The van der Waals surface area contributed by atoms with Crippen molar-refractivity contribution in [1.29, 1.82) is 5.26 Å². The number of nitriles is 1. The lowest BCUT2D eigenvalue weighted by Gasteiger charge is -2.04. The number of hydrogen-bond acceptors (Lipinski definition) is 6. The van der Waals surface area contributed by atoms with Crippen molar-refractivity contribution in [3.05, 3.63) is 58.1 Å². The molecule has 118 valence electrons. The lowest BCUT2D eigenvalue weighted by Crippen LogP contribution is -2.19. The summed E-state index contributed by atoms with van der Waals surface area (Å²) in [5, 5.41) is 25.1. The maximum absolute atomic E-state index is 12.0. The lowest BCUT2D eigenvalue weighted by molar-refractivity contribution is -0.384. The Morgan fingerprint density at radius 3 is 2.83 bits per heavy atom. The summed E-state index contributed by atoms with van der Waals surface area (Å²) < 4.78 is 0.777. The first kappa shape index (κ1) is 15.4. The van der Waals surface area contributed by atoms with Gasteiger partial charge in [-0.1, -0.05) is 17.4 Å². The minimum atomic E-state index is -0.560. The topological polar surface area (TPSA) is 121 Å². The fraction of sp³-hybridized carbons (Fsp3) is 0. The lowest BCUT2D eigenvalue weighted by atomic mass is 10.2. The van der Waals surface area contributed by atoms with E-state index >= 15 is 0 Å². The molecule has 1 heterocycles. The maximum atomic E-state index is 12.0. The largest absolute Gasteiger partial charge is 0.325 e. The van der Waals surface area contributed by atoms with Crippen molar-refractivity contribution in [3.8, 4) is 6.07 Å². The molecular weight excluding hydrogens is 330 g/mol. The molecule has 0 unspecified atom stereocenters. The Morgan fingerprint density at radius 2 is 2.08 bits per heavy atom.